The van der Waals surface area contributed by atoms with E-state index in [1.165, 1.54) is 36.4 Å². The van der Waals surface area contributed by atoms with Crippen LogP contribution in [-0.4, -0.2) is 53.1 Å². The number of nitrogens with one attached hydrogen (secondary N) is 2. The summed E-state index contributed by atoms with van der Waals surface area (Å²) in [6, 6.07) is 11.1. The van der Waals surface area contributed by atoms with Crippen molar-refractivity contribution < 1.29 is 33.7 Å². The molecule has 0 bridgehead atoms. The van der Waals surface area contributed by atoms with Gasteiger partial charge in [-0.15, -0.1) is 12.4 Å². The second kappa shape index (κ2) is 13.8. The van der Waals surface area contributed by atoms with Crippen molar-refractivity contribution in [2.45, 2.75) is 58.6 Å². The molecule has 0 spiro atoms. The topological polar surface area (TPSA) is 125 Å². The van der Waals surface area contributed by atoms with E-state index in [1.54, 1.807) is 39.8 Å². The van der Waals surface area contributed by atoms with Crippen molar-refractivity contribution in [1.29, 1.82) is 0 Å². The van der Waals surface area contributed by atoms with Crippen molar-refractivity contribution in [2.24, 2.45) is 0 Å². The summed E-state index contributed by atoms with van der Waals surface area (Å²) in [5.41, 5.74) is 1.79. The van der Waals surface area contributed by atoms with Gasteiger partial charge in [0, 0.05) is 17.7 Å². The Hall–Kier alpha value is -3.95. The van der Waals surface area contributed by atoms with E-state index in [-0.39, 0.29) is 41.1 Å². The standard InChI is InChI=1S/C32H35FN2O6.ClH/c1-17(2)23-11-12-25(36)27(28(23)33)30(38)20-7-9-21(10-8-20)32(40)41-26-6-5-13-34-16-24(26)35-31(39)22-14-18(3)29(37)19(4)15-22;/h7-12,14-15,17,24,26,34,36-37H,5-6,13,16H2,1-4H3,(H,35,39);1H/t24-,26-;/m1./s1. The number of aryl methyl sites for hydroxylation is 2. The molecule has 1 saturated heterocycles. The molecule has 42 heavy (non-hydrogen) atoms. The molecule has 1 aliphatic rings. The van der Waals surface area contributed by atoms with Gasteiger partial charge in [-0.3, -0.25) is 9.59 Å². The van der Waals surface area contributed by atoms with Crippen LogP contribution >= 0.6 is 12.4 Å². The van der Waals surface area contributed by atoms with Crippen molar-refractivity contribution in [3.63, 3.8) is 0 Å². The van der Waals surface area contributed by atoms with E-state index >= 15 is 4.39 Å². The highest BCUT2D eigenvalue weighted by atomic mass is 35.5. The van der Waals surface area contributed by atoms with Crippen LogP contribution in [0.15, 0.2) is 48.5 Å². The largest absolute Gasteiger partial charge is 0.507 e. The maximum atomic E-state index is 15.0. The summed E-state index contributed by atoms with van der Waals surface area (Å²) in [4.78, 5) is 39.1. The zero-order chi connectivity index (χ0) is 29.8. The molecule has 0 aromatic heterocycles. The Balaban J connectivity index is 0.00000484. The minimum absolute atomic E-state index is 0. The minimum atomic E-state index is -0.763. The normalized spacial score (nSPS) is 16.7. The van der Waals surface area contributed by atoms with Crippen molar-refractivity contribution >= 4 is 30.1 Å². The van der Waals surface area contributed by atoms with Gasteiger partial charge in [-0.2, -0.15) is 0 Å². The highest BCUT2D eigenvalue weighted by molar-refractivity contribution is 6.11. The summed E-state index contributed by atoms with van der Waals surface area (Å²) in [6.07, 6.45) is 0.657. The highest BCUT2D eigenvalue weighted by Gasteiger charge is 2.30. The van der Waals surface area contributed by atoms with Gasteiger partial charge in [0.1, 0.15) is 29.0 Å². The number of phenols is 2. The molecule has 2 atom stereocenters. The Labute approximate surface area is 250 Å². The smallest absolute Gasteiger partial charge is 0.338 e. The molecule has 3 aromatic rings. The van der Waals surface area contributed by atoms with Crippen LogP contribution in [-0.2, 0) is 4.74 Å². The van der Waals surface area contributed by atoms with Crippen LogP contribution in [0.1, 0.15) is 85.9 Å². The predicted octanol–water partition coefficient (Wildman–Crippen LogP) is 5.34. The van der Waals surface area contributed by atoms with Gasteiger partial charge in [-0.1, -0.05) is 32.0 Å². The third kappa shape index (κ3) is 7.09. The van der Waals surface area contributed by atoms with Crippen LogP contribution in [0.5, 0.6) is 11.5 Å². The fraction of sp³-hybridized carbons (Fsp3) is 0.344. The fourth-order valence-electron chi connectivity index (χ4n) is 4.99. The molecule has 8 nitrogen and oxygen atoms in total. The maximum absolute atomic E-state index is 15.0. The number of benzene rings is 3. The number of halogens is 2. The lowest BCUT2D eigenvalue weighted by Crippen LogP contribution is -2.49. The van der Waals surface area contributed by atoms with Crippen molar-refractivity contribution in [1.82, 2.24) is 10.6 Å². The monoisotopic (exact) mass is 598 g/mol. The number of ether oxygens (including phenoxy) is 1. The molecule has 1 fully saturated rings. The molecule has 0 saturated carbocycles. The molecule has 0 radical (unpaired) electrons. The minimum Gasteiger partial charge on any atom is -0.507 e. The van der Waals surface area contributed by atoms with E-state index in [9.17, 15) is 24.6 Å². The summed E-state index contributed by atoms with van der Waals surface area (Å²) in [7, 11) is 0. The third-order valence-corrected chi connectivity index (χ3v) is 7.37. The first-order valence-corrected chi connectivity index (χ1v) is 13.7. The first-order valence-electron chi connectivity index (χ1n) is 13.7. The SMILES string of the molecule is Cc1cc(C(=O)N[C@@H]2CNCCC[C@H]2OC(=O)c2ccc(C(=O)c3c(O)ccc(C(C)C)c3F)cc2)cc(C)c1O.Cl. The summed E-state index contributed by atoms with van der Waals surface area (Å²) < 4.78 is 20.8. The van der Waals surface area contributed by atoms with Gasteiger partial charge < -0.3 is 25.6 Å². The molecule has 1 heterocycles. The lowest BCUT2D eigenvalue weighted by molar-refractivity contribution is 0.0192. The number of rotatable bonds is 7. The predicted molar refractivity (Wildman–Crippen MR) is 159 cm³/mol. The number of esters is 1. The van der Waals surface area contributed by atoms with Crippen molar-refractivity contribution in [3.05, 3.63) is 93.3 Å². The Bertz CT molecular complexity index is 1450. The van der Waals surface area contributed by atoms with Gasteiger partial charge in [0.15, 0.2) is 5.78 Å². The Morgan fingerprint density at radius 2 is 1.60 bits per heavy atom. The molecule has 1 amide bonds. The molecular weight excluding hydrogens is 563 g/mol. The van der Waals surface area contributed by atoms with Gasteiger partial charge >= 0.3 is 5.97 Å². The Morgan fingerprint density at radius 3 is 2.21 bits per heavy atom. The van der Waals surface area contributed by atoms with E-state index in [1.807, 2.05) is 0 Å². The average molecular weight is 599 g/mol. The van der Waals surface area contributed by atoms with E-state index < -0.39 is 41.0 Å². The summed E-state index contributed by atoms with van der Waals surface area (Å²) in [6.45, 7) is 8.13. The molecule has 1 aliphatic heterocycles. The number of carbonyl (C=O) groups excluding carboxylic acids is 3. The lowest BCUT2D eigenvalue weighted by atomic mass is 9.94. The van der Waals surface area contributed by atoms with E-state index in [0.29, 0.717) is 41.8 Å². The zero-order valence-corrected chi connectivity index (χ0v) is 24.8. The van der Waals surface area contributed by atoms with Gasteiger partial charge in [-0.05, 0) is 86.2 Å². The molecule has 4 rings (SSSR count). The van der Waals surface area contributed by atoms with Crippen LogP contribution < -0.4 is 10.6 Å². The molecular formula is C32H36ClFN2O6. The first-order chi connectivity index (χ1) is 19.5. The van der Waals surface area contributed by atoms with Crippen LogP contribution in [0.3, 0.4) is 0 Å². The van der Waals surface area contributed by atoms with Gasteiger partial charge in [0.2, 0.25) is 0 Å². The number of ketones is 1. The molecule has 4 N–H and O–H groups in total. The van der Waals surface area contributed by atoms with Crippen LogP contribution in [0.2, 0.25) is 0 Å². The number of hydrogen-bond acceptors (Lipinski definition) is 7. The summed E-state index contributed by atoms with van der Waals surface area (Å²) in [5.74, 6) is -2.91. The quantitative estimate of drug-likeness (QED) is 0.214. The third-order valence-electron chi connectivity index (χ3n) is 7.37. The Morgan fingerprint density at radius 1 is 0.976 bits per heavy atom. The number of carbonyl (C=O) groups is 3. The van der Waals surface area contributed by atoms with E-state index in [0.717, 1.165) is 6.42 Å². The molecule has 10 heteroatoms. The molecule has 0 unspecified atom stereocenters. The van der Waals surface area contributed by atoms with Gasteiger partial charge in [0.05, 0.1) is 11.6 Å². The second-order valence-corrected chi connectivity index (χ2v) is 10.8. The highest BCUT2D eigenvalue weighted by Crippen LogP contribution is 2.30. The van der Waals surface area contributed by atoms with Crippen LogP contribution in [0, 0.1) is 19.7 Å². The summed E-state index contributed by atoms with van der Waals surface area (Å²) >= 11 is 0. The van der Waals surface area contributed by atoms with E-state index in [4.69, 9.17) is 4.74 Å². The van der Waals surface area contributed by atoms with E-state index in [2.05, 4.69) is 10.6 Å². The maximum Gasteiger partial charge on any atom is 0.338 e. The Kier molecular flexibility index (Phi) is 10.7. The molecule has 3 aromatic carbocycles. The molecule has 224 valence electrons. The first kappa shape index (κ1) is 32.6. The van der Waals surface area contributed by atoms with Gasteiger partial charge in [-0.25, -0.2) is 9.18 Å². The summed E-state index contributed by atoms with van der Waals surface area (Å²) in [5, 5.41) is 26.4. The van der Waals surface area contributed by atoms with Crippen LogP contribution in [0.25, 0.3) is 0 Å². The zero-order valence-electron chi connectivity index (χ0n) is 24.0. The van der Waals surface area contributed by atoms with Crippen molar-refractivity contribution in [2.75, 3.05) is 13.1 Å². The lowest BCUT2D eigenvalue weighted by Gasteiger charge is -2.26. The van der Waals surface area contributed by atoms with Crippen LogP contribution in [0.4, 0.5) is 4.39 Å². The number of hydrogen-bond donors (Lipinski definition) is 4. The molecule has 0 aliphatic carbocycles. The number of amides is 1. The fourth-order valence-corrected chi connectivity index (χ4v) is 4.99. The number of phenolic OH excluding ortho intramolecular Hbond substituents is 2. The van der Waals surface area contributed by atoms with Gasteiger partial charge in [0.25, 0.3) is 5.91 Å². The number of aromatic hydroxyl groups is 2. The second-order valence-electron chi connectivity index (χ2n) is 10.8. The van der Waals surface area contributed by atoms with Crippen molar-refractivity contribution in [3.8, 4) is 11.5 Å². The average Bonchev–Trinajstić information content (AvgIpc) is 3.15.